The predicted octanol–water partition coefficient (Wildman–Crippen LogP) is 3.96. The Morgan fingerprint density at radius 3 is 2.38 bits per heavy atom. The first-order valence-electron chi connectivity index (χ1n) is 12.6. The van der Waals surface area contributed by atoms with Crippen molar-refractivity contribution in [1.29, 1.82) is 0 Å². The van der Waals surface area contributed by atoms with Crippen molar-refractivity contribution in [3.8, 4) is 11.5 Å². The molecule has 3 aromatic carbocycles. The van der Waals surface area contributed by atoms with Crippen molar-refractivity contribution < 1.29 is 24.1 Å². The Labute approximate surface area is 218 Å². The van der Waals surface area contributed by atoms with E-state index < -0.39 is 11.6 Å². The van der Waals surface area contributed by atoms with Crippen LogP contribution in [0, 0.1) is 0 Å². The number of aliphatic hydroxyl groups is 1. The van der Waals surface area contributed by atoms with Gasteiger partial charge in [0, 0.05) is 31.6 Å². The standard InChI is InChI=1S/C30H34N2O5/c1-22-30(21-24-7-4-3-5-8-24,29(34)31-18-17-23-9-13-26(35-2)14-10-23)32-28(37-22)25-11-15-27(16-12-25)36-20-6-19-33/h3-5,7-16,22,33H,6,17-21H2,1-2H3,(H,31,34)/t22-,30-/m1/s1. The van der Waals surface area contributed by atoms with E-state index in [4.69, 9.17) is 24.3 Å². The number of aliphatic hydroxyl groups excluding tert-OH is 1. The van der Waals surface area contributed by atoms with Crippen molar-refractivity contribution in [2.75, 3.05) is 26.9 Å². The van der Waals surface area contributed by atoms with Gasteiger partial charge in [-0.1, -0.05) is 42.5 Å². The second-order valence-corrected chi connectivity index (χ2v) is 9.07. The van der Waals surface area contributed by atoms with E-state index >= 15 is 0 Å². The topological polar surface area (TPSA) is 89.4 Å². The monoisotopic (exact) mass is 502 g/mol. The minimum atomic E-state index is -1.09. The lowest BCUT2D eigenvalue weighted by Crippen LogP contribution is -2.52. The Balaban J connectivity index is 1.52. The first-order valence-corrected chi connectivity index (χ1v) is 12.6. The lowest BCUT2D eigenvalue weighted by molar-refractivity contribution is -0.128. The molecule has 0 spiro atoms. The summed E-state index contributed by atoms with van der Waals surface area (Å²) in [6, 6.07) is 25.2. The van der Waals surface area contributed by atoms with Crippen molar-refractivity contribution in [3.05, 3.63) is 95.6 Å². The minimum absolute atomic E-state index is 0.0896. The highest BCUT2D eigenvalue weighted by atomic mass is 16.5. The number of aliphatic imine (C=N–C) groups is 1. The van der Waals surface area contributed by atoms with Crippen molar-refractivity contribution in [3.63, 3.8) is 0 Å². The molecule has 1 heterocycles. The van der Waals surface area contributed by atoms with Gasteiger partial charge >= 0.3 is 0 Å². The van der Waals surface area contributed by atoms with Crippen LogP contribution in [0.4, 0.5) is 0 Å². The first-order chi connectivity index (χ1) is 18.0. The average Bonchev–Trinajstić information content (AvgIpc) is 3.27. The molecule has 0 radical (unpaired) electrons. The molecule has 0 aromatic heterocycles. The summed E-state index contributed by atoms with van der Waals surface area (Å²) >= 11 is 0. The maximum absolute atomic E-state index is 13.7. The Morgan fingerprint density at radius 1 is 1.00 bits per heavy atom. The maximum atomic E-state index is 13.7. The number of hydrogen-bond donors (Lipinski definition) is 2. The largest absolute Gasteiger partial charge is 0.497 e. The molecule has 1 aliphatic heterocycles. The van der Waals surface area contributed by atoms with Crippen molar-refractivity contribution >= 4 is 11.8 Å². The van der Waals surface area contributed by atoms with Crippen LogP contribution in [0.25, 0.3) is 0 Å². The lowest BCUT2D eigenvalue weighted by Gasteiger charge is -2.28. The number of rotatable bonds is 12. The fourth-order valence-electron chi connectivity index (χ4n) is 4.32. The van der Waals surface area contributed by atoms with Crippen LogP contribution in [-0.2, 0) is 22.4 Å². The zero-order valence-electron chi connectivity index (χ0n) is 21.4. The molecule has 37 heavy (non-hydrogen) atoms. The van der Waals surface area contributed by atoms with Gasteiger partial charge in [-0.15, -0.1) is 0 Å². The van der Waals surface area contributed by atoms with Crippen LogP contribution in [0.15, 0.2) is 83.9 Å². The molecule has 2 N–H and O–H groups in total. The van der Waals surface area contributed by atoms with Gasteiger partial charge < -0.3 is 24.6 Å². The van der Waals surface area contributed by atoms with E-state index in [1.807, 2.05) is 85.8 Å². The molecule has 0 aliphatic carbocycles. The SMILES string of the molecule is COc1ccc(CCNC(=O)[C@]2(Cc3ccccc3)N=C(c3ccc(OCCCO)cc3)O[C@@H]2C)cc1. The van der Waals surface area contributed by atoms with E-state index in [1.54, 1.807) is 7.11 Å². The van der Waals surface area contributed by atoms with Crippen molar-refractivity contribution in [2.45, 2.75) is 37.8 Å². The third-order valence-corrected chi connectivity index (χ3v) is 6.50. The number of methoxy groups -OCH3 is 1. The van der Waals surface area contributed by atoms with Crippen LogP contribution in [0.1, 0.15) is 30.0 Å². The van der Waals surface area contributed by atoms with Crippen LogP contribution in [0.5, 0.6) is 11.5 Å². The molecule has 2 atom stereocenters. The maximum Gasteiger partial charge on any atom is 0.252 e. The van der Waals surface area contributed by atoms with Gasteiger partial charge in [0.1, 0.15) is 17.6 Å². The van der Waals surface area contributed by atoms with Gasteiger partial charge in [-0.2, -0.15) is 0 Å². The quantitative estimate of drug-likeness (QED) is 0.366. The summed E-state index contributed by atoms with van der Waals surface area (Å²) in [6.07, 6.45) is 1.24. The molecule has 0 bridgehead atoms. The molecular formula is C30H34N2O5. The molecule has 194 valence electrons. The highest BCUT2D eigenvalue weighted by Gasteiger charge is 2.50. The minimum Gasteiger partial charge on any atom is -0.497 e. The van der Waals surface area contributed by atoms with Crippen LogP contribution < -0.4 is 14.8 Å². The van der Waals surface area contributed by atoms with E-state index in [0.29, 0.717) is 44.1 Å². The fourth-order valence-corrected chi connectivity index (χ4v) is 4.32. The first kappa shape index (κ1) is 26.2. The zero-order valence-corrected chi connectivity index (χ0v) is 21.4. The van der Waals surface area contributed by atoms with Gasteiger partial charge in [0.2, 0.25) is 5.90 Å². The number of carbonyl (C=O) groups is 1. The summed E-state index contributed by atoms with van der Waals surface area (Å²) in [6.45, 7) is 2.92. The second kappa shape index (κ2) is 12.4. The molecular weight excluding hydrogens is 468 g/mol. The van der Waals surface area contributed by atoms with Gasteiger partial charge in [0.25, 0.3) is 5.91 Å². The molecule has 0 saturated heterocycles. The average molecular weight is 503 g/mol. The molecule has 7 heteroatoms. The van der Waals surface area contributed by atoms with Gasteiger partial charge in [0.05, 0.1) is 13.7 Å². The lowest BCUT2D eigenvalue weighted by atomic mass is 9.86. The van der Waals surface area contributed by atoms with Crippen LogP contribution in [-0.4, -0.2) is 55.4 Å². The summed E-state index contributed by atoms with van der Waals surface area (Å²) < 4.78 is 17.0. The van der Waals surface area contributed by atoms with Crippen LogP contribution >= 0.6 is 0 Å². The highest BCUT2D eigenvalue weighted by Crippen LogP contribution is 2.33. The molecule has 0 unspecified atom stereocenters. The third kappa shape index (κ3) is 6.49. The van der Waals surface area contributed by atoms with E-state index in [2.05, 4.69) is 5.32 Å². The predicted molar refractivity (Wildman–Crippen MR) is 143 cm³/mol. The number of carbonyl (C=O) groups excluding carboxylic acids is 1. The van der Waals surface area contributed by atoms with Crippen LogP contribution in [0.2, 0.25) is 0 Å². The number of ether oxygens (including phenoxy) is 3. The Kier molecular flexibility index (Phi) is 8.80. The van der Waals surface area contributed by atoms with Crippen molar-refractivity contribution in [1.82, 2.24) is 5.32 Å². The Hall–Kier alpha value is -3.84. The van der Waals surface area contributed by atoms with E-state index in [1.165, 1.54) is 0 Å². The van der Waals surface area contributed by atoms with E-state index in [9.17, 15) is 4.79 Å². The summed E-state index contributed by atoms with van der Waals surface area (Å²) in [4.78, 5) is 18.6. The molecule has 1 amide bonds. The summed E-state index contributed by atoms with van der Waals surface area (Å²) in [5.74, 6) is 1.79. The molecule has 3 aromatic rings. The molecule has 0 saturated carbocycles. The van der Waals surface area contributed by atoms with Gasteiger partial charge in [0.15, 0.2) is 5.54 Å². The van der Waals surface area contributed by atoms with Gasteiger partial charge in [-0.05, 0) is 60.9 Å². The van der Waals surface area contributed by atoms with Gasteiger partial charge in [-0.25, -0.2) is 4.99 Å². The number of hydrogen-bond acceptors (Lipinski definition) is 6. The molecule has 4 rings (SSSR count). The summed E-state index contributed by atoms with van der Waals surface area (Å²) in [5, 5.41) is 12.0. The van der Waals surface area contributed by atoms with E-state index in [-0.39, 0.29) is 12.5 Å². The smallest absolute Gasteiger partial charge is 0.252 e. The van der Waals surface area contributed by atoms with Crippen molar-refractivity contribution in [2.24, 2.45) is 4.99 Å². The fraction of sp³-hybridized carbons (Fsp3) is 0.333. The second-order valence-electron chi connectivity index (χ2n) is 9.07. The summed E-state index contributed by atoms with van der Waals surface area (Å²) in [7, 11) is 1.64. The van der Waals surface area contributed by atoms with Gasteiger partial charge in [-0.3, -0.25) is 4.79 Å². The Bertz CT molecular complexity index is 1180. The normalized spacial score (nSPS) is 18.6. The van der Waals surface area contributed by atoms with Crippen LogP contribution in [0.3, 0.4) is 0 Å². The highest BCUT2D eigenvalue weighted by molar-refractivity contribution is 6.00. The number of nitrogens with zero attached hydrogens (tertiary/aromatic N) is 1. The zero-order chi connectivity index (χ0) is 26.1. The number of nitrogens with one attached hydrogen (secondary N) is 1. The molecule has 1 aliphatic rings. The molecule has 7 nitrogen and oxygen atoms in total. The number of benzene rings is 3. The Morgan fingerprint density at radius 2 is 1.70 bits per heavy atom. The van der Waals surface area contributed by atoms with E-state index in [0.717, 1.165) is 22.4 Å². The molecule has 0 fully saturated rings. The third-order valence-electron chi connectivity index (χ3n) is 6.50. The number of amides is 1. The summed E-state index contributed by atoms with van der Waals surface area (Å²) in [5.41, 5.74) is 1.81.